The maximum absolute atomic E-state index is 13.7. The van der Waals surface area contributed by atoms with Crippen LogP contribution < -0.4 is 4.74 Å². The summed E-state index contributed by atoms with van der Waals surface area (Å²) >= 11 is 0. The molecule has 3 aromatic carbocycles. The van der Waals surface area contributed by atoms with Gasteiger partial charge in [0.1, 0.15) is 30.1 Å². The second kappa shape index (κ2) is 19.5. The first-order valence-electron chi connectivity index (χ1n) is 16.4. The molecule has 47 heavy (non-hydrogen) atoms. The van der Waals surface area contributed by atoms with Crippen molar-refractivity contribution < 1.29 is 33.3 Å². The lowest BCUT2D eigenvalue weighted by Gasteiger charge is -2.31. The lowest BCUT2D eigenvalue weighted by atomic mass is 10.0. The molecule has 8 nitrogen and oxygen atoms in total. The minimum absolute atomic E-state index is 0.130. The van der Waals surface area contributed by atoms with Gasteiger partial charge in [-0.15, -0.1) is 0 Å². The Labute approximate surface area is 280 Å². The van der Waals surface area contributed by atoms with Crippen LogP contribution in [-0.4, -0.2) is 61.1 Å². The molecule has 0 spiro atoms. The fourth-order valence-corrected chi connectivity index (χ4v) is 4.83. The molecule has 8 heteroatoms. The zero-order valence-electron chi connectivity index (χ0n) is 28.6. The predicted molar refractivity (Wildman–Crippen MR) is 184 cm³/mol. The molecule has 0 saturated heterocycles. The zero-order valence-corrected chi connectivity index (χ0v) is 28.6. The van der Waals surface area contributed by atoms with Crippen molar-refractivity contribution in [3.05, 3.63) is 114 Å². The van der Waals surface area contributed by atoms with Gasteiger partial charge in [-0.1, -0.05) is 98.8 Å². The van der Waals surface area contributed by atoms with E-state index in [0.717, 1.165) is 29.5 Å². The summed E-state index contributed by atoms with van der Waals surface area (Å²) in [5, 5.41) is 0. The first kappa shape index (κ1) is 37.3. The standard InChI is InChI=1S/C39H51NO7/c1-7-15-35(45-29-32-18-13-10-14-19-32)27-33(8-2)46-37(41)36(40(6)38(42)47-39(3,4)5)26-30-20-22-34(23-21-30)44-25-24-43-28-31-16-11-9-12-17-31/h8-14,16-23,33,35-36H,2,7,15,24-29H2,1,3-6H3/t33-,35-,36-/m0/s1. The minimum Gasteiger partial charge on any atom is -0.491 e. The van der Waals surface area contributed by atoms with Gasteiger partial charge < -0.3 is 23.7 Å². The summed E-state index contributed by atoms with van der Waals surface area (Å²) in [5.41, 5.74) is 2.29. The molecular formula is C39H51NO7. The molecule has 0 unspecified atom stereocenters. The monoisotopic (exact) mass is 645 g/mol. The number of hydrogen-bond acceptors (Lipinski definition) is 7. The number of benzene rings is 3. The Kier molecular flexibility index (Phi) is 15.5. The van der Waals surface area contributed by atoms with Gasteiger partial charge in [0.25, 0.3) is 0 Å². The van der Waals surface area contributed by atoms with Gasteiger partial charge in [-0.2, -0.15) is 0 Å². The van der Waals surface area contributed by atoms with Crippen molar-refractivity contribution in [1.82, 2.24) is 4.90 Å². The molecular weight excluding hydrogens is 594 g/mol. The SMILES string of the molecule is C=C[C@@H](C[C@H](CCC)OCc1ccccc1)OC(=O)[C@H](Cc1ccc(OCCOCc2ccccc2)cc1)N(C)C(=O)OC(C)(C)C. The Morgan fingerprint density at radius 3 is 2.04 bits per heavy atom. The summed E-state index contributed by atoms with van der Waals surface area (Å²) < 4.78 is 29.3. The number of amides is 1. The van der Waals surface area contributed by atoms with Crippen molar-refractivity contribution in [2.45, 2.75) is 90.4 Å². The summed E-state index contributed by atoms with van der Waals surface area (Å²) in [7, 11) is 1.55. The summed E-state index contributed by atoms with van der Waals surface area (Å²) in [4.78, 5) is 28.1. The molecule has 0 aromatic heterocycles. The molecule has 3 rings (SSSR count). The molecule has 0 aliphatic carbocycles. The van der Waals surface area contributed by atoms with Crippen LogP contribution >= 0.6 is 0 Å². The first-order valence-corrected chi connectivity index (χ1v) is 16.4. The van der Waals surface area contributed by atoms with Crippen molar-refractivity contribution in [2.24, 2.45) is 0 Å². The average molecular weight is 646 g/mol. The van der Waals surface area contributed by atoms with Crippen LogP contribution in [0.5, 0.6) is 5.75 Å². The Balaban J connectivity index is 1.63. The van der Waals surface area contributed by atoms with Gasteiger partial charge in [0.05, 0.1) is 25.9 Å². The van der Waals surface area contributed by atoms with E-state index in [1.807, 2.05) is 84.9 Å². The molecule has 0 heterocycles. The Bertz CT molecular complexity index is 1340. The maximum atomic E-state index is 13.7. The summed E-state index contributed by atoms with van der Waals surface area (Å²) in [5.74, 6) is 0.137. The molecule has 0 fully saturated rings. The average Bonchev–Trinajstić information content (AvgIpc) is 3.06. The fourth-order valence-electron chi connectivity index (χ4n) is 4.83. The van der Waals surface area contributed by atoms with Crippen LogP contribution in [0.2, 0.25) is 0 Å². The fraction of sp³-hybridized carbons (Fsp3) is 0.436. The summed E-state index contributed by atoms with van der Waals surface area (Å²) in [6, 6.07) is 26.5. The van der Waals surface area contributed by atoms with E-state index in [1.165, 1.54) is 4.90 Å². The lowest BCUT2D eigenvalue weighted by molar-refractivity contribution is -0.154. The topological polar surface area (TPSA) is 83.5 Å². The minimum atomic E-state index is -0.930. The van der Waals surface area contributed by atoms with E-state index in [1.54, 1.807) is 33.9 Å². The van der Waals surface area contributed by atoms with Gasteiger partial charge >= 0.3 is 12.1 Å². The van der Waals surface area contributed by atoms with Gasteiger partial charge in [-0.25, -0.2) is 9.59 Å². The Hall–Kier alpha value is -4.14. The molecule has 3 aromatic rings. The number of likely N-dealkylation sites (N-methyl/N-ethyl adjacent to an activating group) is 1. The molecule has 254 valence electrons. The predicted octanol–water partition coefficient (Wildman–Crippen LogP) is 7.93. The van der Waals surface area contributed by atoms with Crippen molar-refractivity contribution in [1.29, 1.82) is 0 Å². The van der Waals surface area contributed by atoms with Crippen molar-refractivity contribution in [3.63, 3.8) is 0 Å². The number of carbonyl (C=O) groups is 2. The van der Waals surface area contributed by atoms with Gasteiger partial charge in [-0.05, 0) is 56.0 Å². The smallest absolute Gasteiger partial charge is 0.410 e. The lowest BCUT2D eigenvalue weighted by Crippen LogP contribution is -2.47. The second-order valence-electron chi connectivity index (χ2n) is 12.5. The van der Waals surface area contributed by atoms with Crippen LogP contribution in [0.1, 0.15) is 63.6 Å². The highest BCUT2D eigenvalue weighted by atomic mass is 16.6. The van der Waals surface area contributed by atoms with Crippen molar-refractivity contribution in [3.8, 4) is 5.75 Å². The maximum Gasteiger partial charge on any atom is 0.410 e. The molecule has 0 aliphatic rings. The third-order valence-electron chi connectivity index (χ3n) is 7.35. The highest BCUT2D eigenvalue weighted by molar-refractivity contribution is 5.82. The van der Waals surface area contributed by atoms with E-state index < -0.39 is 29.8 Å². The third-order valence-corrected chi connectivity index (χ3v) is 7.35. The van der Waals surface area contributed by atoms with E-state index in [-0.39, 0.29) is 12.5 Å². The number of nitrogens with zero attached hydrogens (tertiary/aromatic N) is 1. The molecule has 0 N–H and O–H groups in total. The largest absolute Gasteiger partial charge is 0.491 e. The molecule has 0 radical (unpaired) electrons. The van der Waals surface area contributed by atoms with Crippen LogP contribution in [0.3, 0.4) is 0 Å². The molecule has 0 saturated carbocycles. The Morgan fingerprint density at radius 2 is 1.47 bits per heavy atom. The second-order valence-corrected chi connectivity index (χ2v) is 12.5. The van der Waals surface area contributed by atoms with E-state index in [2.05, 4.69) is 13.5 Å². The molecule has 1 amide bonds. The quantitative estimate of drug-likeness (QED) is 0.0744. The third kappa shape index (κ3) is 14.0. The van der Waals surface area contributed by atoms with Gasteiger partial charge in [0.15, 0.2) is 0 Å². The normalized spacial score (nSPS) is 13.2. The number of rotatable bonds is 19. The van der Waals surface area contributed by atoms with Crippen molar-refractivity contribution >= 4 is 12.1 Å². The van der Waals surface area contributed by atoms with Crippen molar-refractivity contribution in [2.75, 3.05) is 20.3 Å². The van der Waals surface area contributed by atoms with E-state index >= 15 is 0 Å². The zero-order chi connectivity index (χ0) is 34.1. The first-order chi connectivity index (χ1) is 22.6. The number of carbonyl (C=O) groups excluding carboxylic acids is 2. The van der Waals surface area contributed by atoms with E-state index in [4.69, 9.17) is 23.7 Å². The summed E-state index contributed by atoms with van der Waals surface area (Å²) in [6.45, 7) is 13.2. The van der Waals surface area contributed by atoms with E-state index in [9.17, 15) is 9.59 Å². The molecule has 3 atom stereocenters. The highest BCUT2D eigenvalue weighted by Crippen LogP contribution is 2.21. The van der Waals surface area contributed by atoms with Gasteiger partial charge in [-0.3, -0.25) is 4.90 Å². The van der Waals surface area contributed by atoms with E-state index in [0.29, 0.717) is 38.6 Å². The number of ether oxygens (including phenoxy) is 5. The van der Waals surface area contributed by atoms with Gasteiger partial charge in [0.2, 0.25) is 0 Å². The van der Waals surface area contributed by atoms with Crippen LogP contribution in [-0.2, 0) is 43.4 Å². The van der Waals surface area contributed by atoms with Crippen LogP contribution in [0.15, 0.2) is 97.6 Å². The number of hydrogen-bond donors (Lipinski definition) is 0. The van der Waals surface area contributed by atoms with Gasteiger partial charge in [0, 0.05) is 19.9 Å². The Morgan fingerprint density at radius 1 is 0.851 bits per heavy atom. The van der Waals surface area contributed by atoms with Crippen LogP contribution in [0, 0.1) is 0 Å². The van der Waals surface area contributed by atoms with Crippen LogP contribution in [0.4, 0.5) is 4.79 Å². The highest BCUT2D eigenvalue weighted by Gasteiger charge is 2.33. The molecule has 0 bridgehead atoms. The van der Waals surface area contributed by atoms with Crippen LogP contribution in [0.25, 0.3) is 0 Å². The molecule has 0 aliphatic heterocycles. The summed E-state index contributed by atoms with van der Waals surface area (Å²) in [6.07, 6.45) is 2.69. The number of esters is 1.